The molecule has 3 heterocycles. The van der Waals surface area contributed by atoms with Crippen molar-refractivity contribution in [1.29, 1.82) is 0 Å². The minimum atomic E-state index is -0.675. The fraction of sp³-hybridized carbons (Fsp3) is 0.464. The number of para-hydroxylation sites is 2. The van der Waals surface area contributed by atoms with Gasteiger partial charge in [-0.3, -0.25) is 9.59 Å². The summed E-state index contributed by atoms with van der Waals surface area (Å²) in [6.07, 6.45) is 2.60. The molecule has 3 aromatic rings. The molecule has 0 spiro atoms. The van der Waals surface area contributed by atoms with Crippen molar-refractivity contribution < 1.29 is 19.1 Å². The van der Waals surface area contributed by atoms with Crippen molar-refractivity contribution in [2.45, 2.75) is 43.7 Å². The number of aryl methyl sites for hydroxylation is 2. The lowest BCUT2D eigenvalue weighted by Crippen LogP contribution is -2.57. The topological polar surface area (TPSA) is 85.7 Å². The number of ether oxygens (including phenoxy) is 2. The van der Waals surface area contributed by atoms with Crippen LogP contribution in [-0.4, -0.2) is 65.3 Å². The predicted octanol–water partition coefficient (Wildman–Crippen LogP) is 2.95. The van der Waals surface area contributed by atoms with Gasteiger partial charge in [0, 0.05) is 39.6 Å². The third kappa shape index (κ3) is 5.15. The van der Waals surface area contributed by atoms with Crippen molar-refractivity contribution in [3.05, 3.63) is 66.0 Å². The molecule has 2 amide bonds. The minimum Gasteiger partial charge on any atom is -0.381 e. The zero-order valence-electron chi connectivity index (χ0n) is 20.8. The maximum Gasteiger partial charge on any atom is 0.251 e. The number of hydrogen-bond acceptors (Lipinski definition) is 5. The first-order chi connectivity index (χ1) is 17.6. The molecule has 1 atom stereocenters. The standard InChI is InChI=1S/C28H34N4O4/c1-31-23-11-6-5-10-22(23)29-25(31)12-7-13-26(33)32-16-19-36-24(20-32)27(34)30-28(14-17-35-18-15-28)21-8-3-2-4-9-21/h2-6,8-11,24H,7,12-20H2,1H3,(H,30,34). The van der Waals surface area contributed by atoms with E-state index >= 15 is 0 Å². The van der Waals surface area contributed by atoms with Crippen molar-refractivity contribution in [3.63, 3.8) is 0 Å². The first-order valence-corrected chi connectivity index (χ1v) is 12.8. The largest absolute Gasteiger partial charge is 0.381 e. The normalized spacial score (nSPS) is 19.8. The van der Waals surface area contributed by atoms with Gasteiger partial charge in [-0.2, -0.15) is 0 Å². The van der Waals surface area contributed by atoms with Gasteiger partial charge in [0.05, 0.1) is 29.7 Å². The molecule has 0 bridgehead atoms. The molecule has 1 unspecified atom stereocenters. The van der Waals surface area contributed by atoms with Crippen LogP contribution in [0.15, 0.2) is 54.6 Å². The molecular weight excluding hydrogens is 456 g/mol. The van der Waals surface area contributed by atoms with E-state index in [-0.39, 0.29) is 18.4 Å². The summed E-state index contributed by atoms with van der Waals surface area (Å²) < 4.78 is 13.5. The Hall–Kier alpha value is -3.23. The van der Waals surface area contributed by atoms with E-state index in [0.717, 1.165) is 28.8 Å². The number of morpholine rings is 1. The number of carbonyl (C=O) groups excluding carboxylic acids is 2. The molecule has 2 saturated heterocycles. The summed E-state index contributed by atoms with van der Waals surface area (Å²) in [6, 6.07) is 18.1. The van der Waals surface area contributed by atoms with E-state index in [4.69, 9.17) is 14.5 Å². The van der Waals surface area contributed by atoms with Gasteiger partial charge in [-0.25, -0.2) is 4.98 Å². The van der Waals surface area contributed by atoms with Crippen molar-refractivity contribution in [1.82, 2.24) is 19.8 Å². The maximum absolute atomic E-state index is 13.3. The summed E-state index contributed by atoms with van der Waals surface area (Å²) in [5, 5.41) is 3.27. The second-order valence-corrected chi connectivity index (χ2v) is 9.68. The zero-order chi connectivity index (χ0) is 25.0. The Morgan fingerprint density at radius 2 is 1.81 bits per heavy atom. The molecule has 1 aromatic heterocycles. The Balaban J connectivity index is 1.17. The van der Waals surface area contributed by atoms with Crippen LogP contribution in [0, 0.1) is 0 Å². The van der Waals surface area contributed by atoms with Crippen LogP contribution >= 0.6 is 0 Å². The number of carbonyl (C=O) groups is 2. The van der Waals surface area contributed by atoms with Crippen molar-refractivity contribution in [3.8, 4) is 0 Å². The van der Waals surface area contributed by atoms with Crippen LogP contribution in [0.1, 0.15) is 37.1 Å². The zero-order valence-corrected chi connectivity index (χ0v) is 20.8. The van der Waals surface area contributed by atoms with Gasteiger partial charge in [0.15, 0.2) is 6.10 Å². The van der Waals surface area contributed by atoms with Gasteiger partial charge in [-0.15, -0.1) is 0 Å². The van der Waals surface area contributed by atoms with E-state index in [2.05, 4.69) is 16.0 Å². The average Bonchev–Trinajstić information content (AvgIpc) is 3.25. The lowest BCUT2D eigenvalue weighted by atomic mass is 9.82. The fourth-order valence-corrected chi connectivity index (χ4v) is 5.29. The number of hydrogen-bond donors (Lipinski definition) is 1. The van der Waals surface area contributed by atoms with E-state index in [1.807, 2.05) is 55.6 Å². The van der Waals surface area contributed by atoms with Gasteiger partial charge in [0.25, 0.3) is 5.91 Å². The highest BCUT2D eigenvalue weighted by Gasteiger charge is 2.39. The van der Waals surface area contributed by atoms with E-state index in [1.54, 1.807) is 4.90 Å². The van der Waals surface area contributed by atoms with Crippen molar-refractivity contribution in [2.75, 3.05) is 32.9 Å². The Kier molecular flexibility index (Phi) is 7.34. The minimum absolute atomic E-state index is 0.0544. The molecule has 0 radical (unpaired) electrons. The second-order valence-electron chi connectivity index (χ2n) is 9.68. The monoisotopic (exact) mass is 490 g/mol. The van der Waals surface area contributed by atoms with Gasteiger partial charge in [0.1, 0.15) is 5.82 Å². The molecule has 8 nitrogen and oxygen atoms in total. The predicted molar refractivity (Wildman–Crippen MR) is 136 cm³/mol. The summed E-state index contributed by atoms with van der Waals surface area (Å²) in [4.78, 5) is 32.8. The maximum atomic E-state index is 13.3. The molecule has 190 valence electrons. The molecule has 36 heavy (non-hydrogen) atoms. The molecule has 2 aliphatic heterocycles. The third-order valence-corrected chi connectivity index (χ3v) is 7.42. The summed E-state index contributed by atoms with van der Waals surface area (Å²) in [6.45, 7) is 2.33. The van der Waals surface area contributed by atoms with Crippen molar-refractivity contribution >= 4 is 22.8 Å². The average molecular weight is 491 g/mol. The molecule has 2 aromatic carbocycles. The first kappa shape index (κ1) is 24.5. The van der Waals surface area contributed by atoms with Gasteiger partial charge < -0.3 is 24.3 Å². The number of rotatable bonds is 7. The molecule has 1 N–H and O–H groups in total. The lowest BCUT2D eigenvalue weighted by molar-refractivity contribution is -0.149. The smallest absolute Gasteiger partial charge is 0.251 e. The number of fused-ring (bicyclic) bond motifs is 1. The van der Waals surface area contributed by atoms with Crippen LogP contribution in [0.5, 0.6) is 0 Å². The highest BCUT2D eigenvalue weighted by atomic mass is 16.5. The summed E-state index contributed by atoms with van der Waals surface area (Å²) in [7, 11) is 2.01. The molecule has 2 aliphatic rings. The molecule has 0 aliphatic carbocycles. The number of aromatic nitrogens is 2. The van der Waals surface area contributed by atoms with Crippen LogP contribution in [0.4, 0.5) is 0 Å². The lowest BCUT2D eigenvalue weighted by Gasteiger charge is -2.40. The Labute approximate surface area is 211 Å². The number of imidazole rings is 1. The summed E-state index contributed by atoms with van der Waals surface area (Å²) in [5.41, 5.74) is 2.67. The molecule has 0 saturated carbocycles. The fourth-order valence-electron chi connectivity index (χ4n) is 5.29. The van der Waals surface area contributed by atoms with Crippen LogP contribution < -0.4 is 5.32 Å². The van der Waals surface area contributed by atoms with E-state index < -0.39 is 11.6 Å². The van der Waals surface area contributed by atoms with Crippen LogP contribution in [0.2, 0.25) is 0 Å². The quantitative estimate of drug-likeness (QED) is 0.551. The molecular formula is C28H34N4O4. The van der Waals surface area contributed by atoms with Gasteiger partial charge in [0.2, 0.25) is 5.91 Å². The van der Waals surface area contributed by atoms with E-state index in [1.165, 1.54) is 0 Å². The molecule has 8 heteroatoms. The Morgan fingerprint density at radius 1 is 1.06 bits per heavy atom. The highest BCUT2D eigenvalue weighted by Crippen LogP contribution is 2.32. The van der Waals surface area contributed by atoms with Crippen molar-refractivity contribution in [2.24, 2.45) is 7.05 Å². The van der Waals surface area contributed by atoms with E-state index in [9.17, 15) is 9.59 Å². The van der Waals surface area contributed by atoms with Gasteiger partial charge in [-0.05, 0) is 37.0 Å². The van der Waals surface area contributed by atoms with Gasteiger partial charge >= 0.3 is 0 Å². The number of amides is 2. The van der Waals surface area contributed by atoms with E-state index in [0.29, 0.717) is 52.0 Å². The number of nitrogens with zero attached hydrogens (tertiary/aromatic N) is 3. The highest BCUT2D eigenvalue weighted by molar-refractivity contribution is 5.84. The molecule has 2 fully saturated rings. The molecule has 5 rings (SSSR count). The van der Waals surface area contributed by atoms with Crippen LogP contribution in [-0.2, 0) is 38.1 Å². The number of nitrogens with one attached hydrogen (secondary N) is 1. The SMILES string of the molecule is Cn1c(CCCC(=O)N2CCOC(C(=O)NC3(c4ccccc4)CCOCC3)C2)nc2ccccc21. The number of benzene rings is 2. The Bertz CT molecular complexity index is 1200. The van der Waals surface area contributed by atoms with Gasteiger partial charge in [-0.1, -0.05) is 42.5 Å². The first-order valence-electron chi connectivity index (χ1n) is 12.8. The van der Waals surface area contributed by atoms with Crippen LogP contribution in [0.3, 0.4) is 0 Å². The Morgan fingerprint density at radius 3 is 2.58 bits per heavy atom. The second kappa shape index (κ2) is 10.8. The summed E-state index contributed by atoms with van der Waals surface area (Å²) >= 11 is 0. The summed E-state index contributed by atoms with van der Waals surface area (Å²) in [5.74, 6) is 0.863. The third-order valence-electron chi connectivity index (χ3n) is 7.42. The van der Waals surface area contributed by atoms with Crippen LogP contribution in [0.25, 0.3) is 11.0 Å².